The van der Waals surface area contributed by atoms with Gasteiger partial charge in [0.2, 0.25) is 0 Å². The Hall–Kier alpha value is -2.57. The van der Waals surface area contributed by atoms with E-state index in [1.54, 1.807) is 24.3 Å². The van der Waals surface area contributed by atoms with Crippen LogP contribution in [0.15, 0.2) is 61.7 Å². The van der Waals surface area contributed by atoms with Crippen LogP contribution in [0.1, 0.15) is 11.1 Å². The predicted molar refractivity (Wildman–Crippen MR) is 90.8 cm³/mol. The minimum Gasteiger partial charge on any atom is -0.378 e. The van der Waals surface area contributed by atoms with Gasteiger partial charge in [-0.05, 0) is 35.4 Å². The lowest BCUT2D eigenvalue weighted by molar-refractivity contribution is 0.0726. The summed E-state index contributed by atoms with van der Waals surface area (Å²) in [6, 6.07) is 9.61. The molecule has 128 valence electrons. The molecule has 2 aromatic carbocycles. The van der Waals surface area contributed by atoms with Crippen molar-refractivity contribution in [3.05, 3.63) is 89.5 Å². The summed E-state index contributed by atoms with van der Waals surface area (Å²) in [5, 5.41) is 15.8. The van der Waals surface area contributed by atoms with Gasteiger partial charge in [0, 0.05) is 16.7 Å². The minimum absolute atomic E-state index is 0.107. The van der Waals surface area contributed by atoms with Crippen molar-refractivity contribution in [3.63, 3.8) is 0 Å². The molecular weight excluding hydrogens is 348 g/mol. The lowest BCUT2D eigenvalue weighted by Gasteiger charge is -2.31. The van der Waals surface area contributed by atoms with Crippen molar-refractivity contribution in [3.8, 4) is 0 Å². The first-order valence-corrected chi connectivity index (χ1v) is 7.73. The molecule has 0 aliphatic carbocycles. The highest BCUT2D eigenvalue weighted by atomic mass is 35.5. The van der Waals surface area contributed by atoms with Crippen molar-refractivity contribution < 1.29 is 13.9 Å². The fourth-order valence-electron chi connectivity index (χ4n) is 2.61. The molecule has 0 spiro atoms. The summed E-state index contributed by atoms with van der Waals surface area (Å²) in [5.74, 6) is -1.61. The van der Waals surface area contributed by atoms with E-state index in [1.165, 1.54) is 23.4 Å². The molecule has 3 rings (SSSR count). The minimum atomic E-state index is -1.86. The van der Waals surface area contributed by atoms with Gasteiger partial charge in [-0.2, -0.15) is 5.10 Å². The lowest BCUT2D eigenvalue weighted by atomic mass is 9.82. The third-order valence-electron chi connectivity index (χ3n) is 3.93. The first-order chi connectivity index (χ1) is 11.9. The number of rotatable bonds is 5. The summed E-state index contributed by atoms with van der Waals surface area (Å²) in [6.45, 7) is 3.79. The SMILES string of the molecule is C=C(c1ccc(Cl)cc1)[C@](O)(Cn1cncn1)c1ccc(F)cc1F. The van der Waals surface area contributed by atoms with E-state index < -0.39 is 17.2 Å². The fourth-order valence-corrected chi connectivity index (χ4v) is 2.73. The Morgan fingerprint density at radius 3 is 2.52 bits per heavy atom. The number of halogens is 3. The molecule has 3 aromatic rings. The Bertz CT molecular complexity index is 897. The Morgan fingerprint density at radius 1 is 1.20 bits per heavy atom. The van der Waals surface area contributed by atoms with Crippen LogP contribution in [0.4, 0.5) is 8.78 Å². The van der Waals surface area contributed by atoms with Gasteiger partial charge in [0.25, 0.3) is 0 Å². The summed E-state index contributed by atoms with van der Waals surface area (Å²) in [5.41, 5.74) is -1.18. The van der Waals surface area contributed by atoms with Crippen LogP contribution in [0.3, 0.4) is 0 Å². The van der Waals surface area contributed by atoms with E-state index in [0.717, 1.165) is 12.1 Å². The summed E-state index contributed by atoms with van der Waals surface area (Å²) in [6.07, 6.45) is 2.69. The van der Waals surface area contributed by atoms with Crippen LogP contribution in [0.5, 0.6) is 0 Å². The van der Waals surface area contributed by atoms with Crippen LogP contribution < -0.4 is 0 Å². The van der Waals surface area contributed by atoms with Gasteiger partial charge in [0.15, 0.2) is 0 Å². The highest BCUT2D eigenvalue weighted by Crippen LogP contribution is 2.38. The first kappa shape index (κ1) is 17.3. The molecule has 0 saturated carbocycles. The number of hydrogen-bond acceptors (Lipinski definition) is 3. The fraction of sp³-hybridized carbons (Fsp3) is 0.111. The predicted octanol–water partition coefficient (Wildman–Crippen LogP) is 3.81. The van der Waals surface area contributed by atoms with Crippen LogP contribution in [0, 0.1) is 11.6 Å². The smallest absolute Gasteiger partial charge is 0.137 e. The normalized spacial score (nSPS) is 13.4. The van der Waals surface area contributed by atoms with Gasteiger partial charge in [-0.15, -0.1) is 0 Å². The van der Waals surface area contributed by atoms with E-state index in [1.807, 2.05) is 0 Å². The molecule has 1 aromatic heterocycles. The standard InChI is InChI=1S/C18H14ClF2N3O/c1-12(13-2-4-14(19)5-3-13)18(25,9-24-11-22-10-23-24)16-7-6-15(20)8-17(16)21/h2-8,10-11,25H,1,9H2/t18-/m1/s1. The van der Waals surface area contributed by atoms with Gasteiger partial charge in [-0.1, -0.05) is 30.3 Å². The monoisotopic (exact) mass is 361 g/mol. The Kier molecular flexibility index (Phi) is 4.65. The Morgan fingerprint density at radius 2 is 1.92 bits per heavy atom. The van der Waals surface area contributed by atoms with Crippen molar-refractivity contribution in [2.45, 2.75) is 12.1 Å². The van der Waals surface area contributed by atoms with Gasteiger partial charge in [-0.25, -0.2) is 18.4 Å². The number of benzene rings is 2. The average molecular weight is 362 g/mol. The molecule has 0 saturated heterocycles. The number of hydrogen-bond donors (Lipinski definition) is 1. The zero-order chi connectivity index (χ0) is 18.0. The summed E-state index contributed by atoms with van der Waals surface area (Å²) < 4.78 is 29.1. The lowest BCUT2D eigenvalue weighted by Crippen LogP contribution is -2.34. The van der Waals surface area contributed by atoms with Crippen LogP contribution in [-0.4, -0.2) is 19.9 Å². The average Bonchev–Trinajstić information content (AvgIpc) is 3.07. The zero-order valence-electron chi connectivity index (χ0n) is 13.0. The van der Waals surface area contributed by atoms with Gasteiger partial charge >= 0.3 is 0 Å². The maximum Gasteiger partial charge on any atom is 0.137 e. The highest BCUT2D eigenvalue weighted by molar-refractivity contribution is 6.30. The summed E-state index contributed by atoms with van der Waals surface area (Å²) in [7, 11) is 0. The van der Waals surface area contributed by atoms with Crippen molar-refractivity contribution in [2.75, 3.05) is 0 Å². The quantitative estimate of drug-likeness (QED) is 0.751. The molecule has 1 atom stereocenters. The molecule has 1 heterocycles. The Balaban J connectivity index is 2.10. The van der Waals surface area contributed by atoms with E-state index >= 15 is 0 Å². The van der Waals surface area contributed by atoms with E-state index in [-0.39, 0.29) is 17.7 Å². The molecule has 0 aliphatic rings. The Labute approximate surface area is 148 Å². The molecule has 25 heavy (non-hydrogen) atoms. The molecule has 1 N–H and O–H groups in total. The van der Waals surface area contributed by atoms with Crippen LogP contribution in [-0.2, 0) is 12.1 Å². The van der Waals surface area contributed by atoms with E-state index in [4.69, 9.17) is 11.6 Å². The highest BCUT2D eigenvalue weighted by Gasteiger charge is 2.37. The van der Waals surface area contributed by atoms with Crippen molar-refractivity contribution >= 4 is 17.2 Å². The van der Waals surface area contributed by atoms with Gasteiger partial charge < -0.3 is 5.11 Å². The molecule has 0 fully saturated rings. The first-order valence-electron chi connectivity index (χ1n) is 7.36. The van der Waals surface area contributed by atoms with Gasteiger partial charge in [0.05, 0.1) is 6.54 Å². The number of nitrogens with zero attached hydrogens (tertiary/aromatic N) is 3. The van der Waals surface area contributed by atoms with Crippen LogP contribution in [0.25, 0.3) is 5.57 Å². The summed E-state index contributed by atoms with van der Waals surface area (Å²) >= 11 is 5.89. The molecule has 7 heteroatoms. The summed E-state index contributed by atoms with van der Waals surface area (Å²) in [4.78, 5) is 3.82. The molecule has 0 aliphatic heterocycles. The number of aromatic nitrogens is 3. The van der Waals surface area contributed by atoms with Gasteiger partial charge in [-0.3, -0.25) is 0 Å². The zero-order valence-corrected chi connectivity index (χ0v) is 13.8. The topological polar surface area (TPSA) is 50.9 Å². The molecule has 0 radical (unpaired) electrons. The van der Waals surface area contributed by atoms with Crippen LogP contribution >= 0.6 is 11.6 Å². The third-order valence-corrected chi connectivity index (χ3v) is 4.18. The van der Waals surface area contributed by atoms with E-state index in [9.17, 15) is 13.9 Å². The van der Waals surface area contributed by atoms with Gasteiger partial charge in [0.1, 0.15) is 29.9 Å². The second kappa shape index (κ2) is 6.74. The van der Waals surface area contributed by atoms with Crippen molar-refractivity contribution in [2.24, 2.45) is 0 Å². The van der Waals surface area contributed by atoms with Crippen molar-refractivity contribution in [1.29, 1.82) is 0 Å². The second-order valence-electron chi connectivity index (χ2n) is 5.56. The van der Waals surface area contributed by atoms with E-state index in [0.29, 0.717) is 10.6 Å². The second-order valence-corrected chi connectivity index (χ2v) is 6.00. The molecular formula is C18H14ClF2N3O. The molecule has 0 bridgehead atoms. The third kappa shape index (κ3) is 3.45. The molecule has 0 unspecified atom stereocenters. The maximum atomic E-state index is 14.4. The van der Waals surface area contributed by atoms with Crippen molar-refractivity contribution in [1.82, 2.24) is 14.8 Å². The largest absolute Gasteiger partial charge is 0.378 e. The number of aliphatic hydroxyl groups is 1. The van der Waals surface area contributed by atoms with Crippen LogP contribution in [0.2, 0.25) is 5.02 Å². The molecule has 0 amide bonds. The molecule has 4 nitrogen and oxygen atoms in total. The van der Waals surface area contributed by atoms with E-state index in [2.05, 4.69) is 16.7 Å². The maximum absolute atomic E-state index is 14.4.